The number of carbonyl (C=O) groups excluding carboxylic acids is 3. The number of thioether (sulfide) groups is 3. The predicted octanol–water partition coefficient (Wildman–Crippen LogP) is 6.87. The van der Waals surface area contributed by atoms with Crippen molar-refractivity contribution in [1.29, 1.82) is 0 Å². The van der Waals surface area contributed by atoms with Gasteiger partial charge in [-0.15, -0.1) is 23.5 Å². The van der Waals surface area contributed by atoms with E-state index in [-0.39, 0.29) is 23.8 Å². The number of nitrogens with zero attached hydrogens (tertiary/aromatic N) is 4. The van der Waals surface area contributed by atoms with Crippen LogP contribution in [0.1, 0.15) is 69.7 Å². The number of carbonyl (C=O) groups is 3. The van der Waals surface area contributed by atoms with Crippen molar-refractivity contribution in [1.82, 2.24) is 19.6 Å². The SMILES string of the molecule is CCSC(SCC)[C@@H]1CCCN1C(=O)c1cc(C)c(OCCSC(=S)N2CCN(CCCN3C(=O)c4cccc5cccc(c45)C3=O)CC2)cc1N. The van der Waals surface area contributed by atoms with Gasteiger partial charge in [0, 0.05) is 73.3 Å². The highest BCUT2D eigenvalue weighted by Gasteiger charge is 2.36. The molecule has 3 amide bonds. The van der Waals surface area contributed by atoms with E-state index in [1.165, 1.54) is 4.90 Å². The Hall–Kier alpha value is -2.97. The van der Waals surface area contributed by atoms with Crippen LogP contribution in [0.5, 0.6) is 5.75 Å². The van der Waals surface area contributed by atoms with E-state index < -0.39 is 0 Å². The summed E-state index contributed by atoms with van der Waals surface area (Å²) in [7, 11) is 0. The first-order chi connectivity index (χ1) is 25.2. The highest BCUT2D eigenvalue weighted by Crippen LogP contribution is 2.37. The molecule has 1 atom stereocenters. The Morgan fingerprint density at radius 3 is 2.29 bits per heavy atom. The zero-order valence-electron chi connectivity index (χ0n) is 30.3. The quantitative estimate of drug-likeness (QED) is 0.0611. The van der Waals surface area contributed by atoms with Crippen molar-refractivity contribution < 1.29 is 19.1 Å². The van der Waals surface area contributed by atoms with Gasteiger partial charge in [0.25, 0.3) is 17.7 Å². The number of aryl methyl sites for hydroxylation is 1. The number of nitrogens with two attached hydrogens (primary N) is 1. The molecule has 0 radical (unpaired) electrons. The van der Waals surface area contributed by atoms with Crippen molar-refractivity contribution in [2.24, 2.45) is 0 Å². The standard InChI is InChI=1S/C39H49N5O4S4/c1-4-50-38(51-5-2)32-14-8-16-43(32)37(47)30-24-26(3)33(25-31(30)40)48-22-23-52-39(49)42-20-18-41(19-21-42)15-9-17-44-35(45)28-12-6-10-27-11-7-13-29(34(27)28)36(44)46/h6-7,10-13,24-25,32,38H,4-5,8-9,14-23,40H2,1-3H3/t32-/m0/s1. The minimum absolute atomic E-state index is 0.0190. The Morgan fingerprint density at radius 2 is 1.63 bits per heavy atom. The van der Waals surface area contributed by atoms with Crippen molar-refractivity contribution in [3.8, 4) is 5.75 Å². The monoisotopic (exact) mass is 779 g/mol. The third-order valence-corrected chi connectivity index (χ3v) is 14.3. The number of imide groups is 1. The van der Waals surface area contributed by atoms with Gasteiger partial charge in [-0.05, 0) is 73.4 Å². The lowest BCUT2D eigenvalue weighted by molar-refractivity contribution is 0.0600. The number of hydrogen-bond donors (Lipinski definition) is 1. The predicted molar refractivity (Wildman–Crippen MR) is 222 cm³/mol. The zero-order valence-corrected chi connectivity index (χ0v) is 33.6. The lowest BCUT2D eigenvalue weighted by Crippen LogP contribution is -2.48. The highest BCUT2D eigenvalue weighted by atomic mass is 32.2. The average Bonchev–Trinajstić information content (AvgIpc) is 3.65. The molecule has 278 valence electrons. The molecule has 3 aliphatic heterocycles. The van der Waals surface area contributed by atoms with Crippen LogP contribution in [-0.4, -0.2) is 122 Å². The fourth-order valence-corrected chi connectivity index (χ4v) is 11.4. The molecule has 0 bridgehead atoms. The lowest BCUT2D eigenvalue weighted by Gasteiger charge is -2.36. The molecule has 0 aromatic heterocycles. The number of benzene rings is 3. The molecular formula is C39H49N5O4S4. The first-order valence-corrected chi connectivity index (χ1v) is 21.8. The van der Waals surface area contributed by atoms with Crippen molar-refractivity contribution in [3.63, 3.8) is 0 Å². The van der Waals surface area contributed by atoms with Crippen LogP contribution in [0.15, 0.2) is 48.5 Å². The minimum Gasteiger partial charge on any atom is -0.492 e. The molecule has 0 spiro atoms. The third-order valence-electron chi connectivity index (χ3n) is 10.0. The molecule has 6 rings (SSSR count). The Morgan fingerprint density at radius 1 is 0.962 bits per heavy atom. The molecule has 52 heavy (non-hydrogen) atoms. The second-order valence-corrected chi connectivity index (χ2v) is 18.2. The van der Waals surface area contributed by atoms with E-state index in [0.717, 1.165) is 90.7 Å². The van der Waals surface area contributed by atoms with Gasteiger partial charge in [0.05, 0.1) is 22.8 Å². The molecule has 3 aromatic rings. The molecule has 0 aliphatic carbocycles. The second-order valence-electron chi connectivity index (χ2n) is 13.3. The number of thiocarbonyl (C=S) groups is 1. The molecule has 9 nitrogen and oxygen atoms in total. The molecule has 3 aliphatic rings. The van der Waals surface area contributed by atoms with Gasteiger partial charge in [0.2, 0.25) is 0 Å². The number of hydrogen-bond acceptors (Lipinski definition) is 10. The van der Waals surface area contributed by atoms with Crippen LogP contribution in [-0.2, 0) is 0 Å². The summed E-state index contributed by atoms with van der Waals surface area (Å²) in [5.74, 6) is 3.08. The van der Waals surface area contributed by atoms with Gasteiger partial charge < -0.3 is 20.3 Å². The topological polar surface area (TPSA) is 99.4 Å². The Labute approximate surface area is 325 Å². The van der Waals surface area contributed by atoms with Crippen LogP contribution in [0.2, 0.25) is 0 Å². The summed E-state index contributed by atoms with van der Waals surface area (Å²) in [5.41, 5.74) is 9.59. The summed E-state index contributed by atoms with van der Waals surface area (Å²) in [4.78, 5) is 48.2. The van der Waals surface area contributed by atoms with Crippen LogP contribution in [0, 0.1) is 6.92 Å². The van der Waals surface area contributed by atoms with Crippen LogP contribution >= 0.6 is 47.5 Å². The molecule has 2 saturated heterocycles. The van der Waals surface area contributed by atoms with Gasteiger partial charge >= 0.3 is 0 Å². The Kier molecular flexibility index (Phi) is 13.3. The van der Waals surface area contributed by atoms with E-state index in [2.05, 4.69) is 23.6 Å². The lowest BCUT2D eigenvalue weighted by atomic mass is 9.94. The number of piperazine rings is 1. The van der Waals surface area contributed by atoms with E-state index in [4.69, 9.17) is 22.7 Å². The fraction of sp³-hybridized carbons (Fsp3) is 0.487. The van der Waals surface area contributed by atoms with Gasteiger partial charge in [0.15, 0.2) is 0 Å². The highest BCUT2D eigenvalue weighted by molar-refractivity contribution is 8.22. The maximum atomic E-state index is 13.7. The van der Waals surface area contributed by atoms with Crippen LogP contribution in [0.25, 0.3) is 10.8 Å². The van der Waals surface area contributed by atoms with Crippen LogP contribution < -0.4 is 10.5 Å². The number of nitrogen functional groups attached to an aromatic ring is 1. The van der Waals surface area contributed by atoms with Gasteiger partial charge in [-0.1, -0.05) is 62.1 Å². The summed E-state index contributed by atoms with van der Waals surface area (Å²) in [6.45, 7) is 12.2. The van der Waals surface area contributed by atoms with E-state index in [1.807, 2.05) is 77.8 Å². The van der Waals surface area contributed by atoms with E-state index in [9.17, 15) is 14.4 Å². The van der Waals surface area contributed by atoms with Gasteiger partial charge in [-0.25, -0.2) is 0 Å². The number of rotatable bonds is 14. The number of ether oxygens (including phenoxy) is 1. The largest absolute Gasteiger partial charge is 0.492 e. The number of amides is 3. The second kappa shape index (κ2) is 17.9. The molecule has 0 unspecified atom stereocenters. The maximum absolute atomic E-state index is 13.7. The summed E-state index contributed by atoms with van der Waals surface area (Å²) in [5, 5.41) is 1.69. The smallest absolute Gasteiger partial charge is 0.261 e. The summed E-state index contributed by atoms with van der Waals surface area (Å²) >= 11 is 11.3. The van der Waals surface area contributed by atoms with E-state index in [1.54, 1.807) is 17.8 Å². The molecule has 2 N–H and O–H groups in total. The summed E-state index contributed by atoms with van der Waals surface area (Å²) < 4.78 is 7.37. The molecule has 3 heterocycles. The molecule has 0 saturated carbocycles. The number of likely N-dealkylation sites (tertiary alicyclic amines) is 1. The van der Waals surface area contributed by atoms with E-state index >= 15 is 0 Å². The van der Waals surface area contributed by atoms with Crippen molar-refractivity contribution in [2.45, 2.75) is 50.7 Å². The van der Waals surface area contributed by atoms with Gasteiger partial charge in [-0.3, -0.25) is 24.2 Å². The molecule has 2 fully saturated rings. The Balaban J connectivity index is 0.916. The van der Waals surface area contributed by atoms with E-state index in [0.29, 0.717) is 51.6 Å². The van der Waals surface area contributed by atoms with Crippen molar-refractivity contribution >= 4 is 86.0 Å². The summed E-state index contributed by atoms with van der Waals surface area (Å²) in [6.07, 6.45) is 2.78. The normalized spacial score (nSPS) is 17.8. The minimum atomic E-state index is -0.205. The van der Waals surface area contributed by atoms with Crippen molar-refractivity contribution in [3.05, 3.63) is 70.8 Å². The van der Waals surface area contributed by atoms with Gasteiger partial charge in [-0.2, -0.15) is 0 Å². The first-order valence-electron chi connectivity index (χ1n) is 18.3. The maximum Gasteiger partial charge on any atom is 0.261 e. The van der Waals surface area contributed by atoms with Crippen LogP contribution in [0.4, 0.5) is 5.69 Å². The zero-order chi connectivity index (χ0) is 36.8. The molecule has 13 heteroatoms. The Bertz CT molecular complexity index is 1740. The van der Waals surface area contributed by atoms with Crippen molar-refractivity contribution in [2.75, 3.05) is 75.4 Å². The number of anilines is 1. The fourth-order valence-electron chi connectivity index (χ4n) is 7.39. The molecule has 3 aromatic carbocycles. The third kappa shape index (κ3) is 8.54. The first kappa shape index (κ1) is 38.7. The average molecular weight is 780 g/mol. The van der Waals surface area contributed by atoms with Gasteiger partial charge in [0.1, 0.15) is 10.1 Å². The van der Waals surface area contributed by atoms with Crippen LogP contribution in [0.3, 0.4) is 0 Å². The summed E-state index contributed by atoms with van der Waals surface area (Å²) in [6, 6.07) is 15.2. The molecular weight excluding hydrogens is 731 g/mol.